The number of phenols is 1. The van der Waals surface area contributed by atoms with Gasteiger partial charge < -0.3 is 9.84 Å². The van der Waals surface area contributed by atoms with Crippen LogP contribution in [0.2, 0.25) is 4.34 Å². The van der Waals surface area contributed by atoms with Gasteiger partial charge in [-0.1, -0.05) is 23.7 Å². The third-order valence-electron chi connectivity index (χ3n) is 2.96. The Balaban J connectivity index is 2.25. The van der Waals surface area contributed by atoms with E-state index in [1.165, 1.54) is 18.4 Å². The van der Waals surface area contributed by atoms with Crippen molar-refractivity contribution in [2.24, 2.45) is 0 Å². The second-order valence-electron chi connectivity index (χ2n) is 4.49. The number of rotatable bonds is 5. The van der Waals surface area contributed by atoms with Crippen LogP contribution in [0, 0.1) is 0 Å². The molecule has 0 unspecified atom stereocenters. The van der Waals surface area contributed by atoms with Crippen molar-refractivity contribution in [3.05, 3.63) is 45.4 Å². The first-order valence-electron chi connectivity index (χ1n) is 6.18. The molecule has 112 valence electrons. The largest absolute Gasteiger partial charge is 0.508 e. The summed E-state index contributed by atoms with van der Waals surface area (Å²) in [7, 11) is 3.13. The number of halogens is 1. The Morgan fingerprint density at radius 1 is 1.57 bits per heavy atom. The van der Waals surface area contributed by atoms with Gasteiger partial charge in [-0.2, -0.15) is 0 Å². The number of aromatic nitrogens is 1. The summed E-state index contributed by atoms with van der Waals surface area (Å²) in [5.41, 5.74) is 0.659. The molecule has 1 aromatic heterocycles. The summed E-state index contributed by atoms with van der Waals surface area (Å²) < 4.78 is 5.47. The van der Waals surface area contributed by atoms with Crippen LogP contribution < -0.4 is 0 Å². The number of carbonyl (C=O) groups excluding carboxylic acids is 1. The van der Waals surface area contributed by atoms with E-state index < -0.39 is 12.0 Å². The molecule has 7 heteroatoms. The van der Waals surface area contributed by atoms with Crippen molar-refractivity contribution >= 4 is 28.9 Å². The summed E-state index contributed by atoms with van der Waals surface area (Å²) >= 11 is 7.23. The van der Waals surface area contributed by atoms with Crippen LogP contribution in [0.5, 0.6) is 5.75 Å². The number of carbonyl (C=O) groups is 1. The van der Waals surface area contributed by atoms with Crippen LogP contribution in [0.3, 0.4) is 0 Å². The van der Waals surface area contributed by atoms with Crippen molar-refractivity contribution in [3.8, 4) is 5.75 Å². The van der Waals surface area contributed by atoms with Gasteiger partial charge >= 0.3 is 5.97 Å². The molecule has 0 saturated carbocycles. The second-order valence-corrected chi connectivity index (χ2v) is 6.24. The number of nitrogens with zero attached hydrogens (tertiary/aromatic N) is 2. The van der Waals surface area contributed by atoms with Gasteiger partial charge in [0.05, 0.1) is 19.9 Å². The van der Waals surface area contributed by atoms with Crippen molar-refractivity contribution in [3.63, 3.8) is 0 Å². The normalized spacial score (nSPS) is 12.4. The molecule has 0 amide bonds. The van der Waals surface area contributed by atoms with E-state index in [0.29, 0.717) is 16.4 Å². The van der Waals surface area contributed by atoms with Crippen LogP contribution in [0.1, 0.15) is 16.6 Å². The first kappa shape index (κ1) is 15.8. The average molecular weight is 327 g/mol. The lowest BCUT2D eigenvalue weighted by atomic mass is 10.1. The van der Waals surface area contributed by atoms with E-state index in [4.69, 9.17) is 16.3 Å². The quantitative estimate of drug-likeness (QED) is 0.856. The zero-order valence-corrected chi connectivity index (χ0v) is 13.2. The third-order valence-corrected chi connectivity index (χ3v) is 4.06. The lowest BCUT2D eigenvalue weighted by Crippen LogP contribution is -2.31. The Morgan fingerprint density at radius 3 is 2.90 bits per heavy atom. The van der Waals surface area contributed by atoms with Crippen LogP contribution in [0.15, 0.2) is 30.5 Å². The predicted octanol–water partition coefficient (Wildman–Crippen LogP) is 2.85. The number of hydrogen-bond acceptors (Lipinski definition) is 6. The zero-order chi connectivity index (χ0) is 15.4. The van der Waals surface area contributed by atoms with Crippen LogP contribution in [-0.4, -0.2) is 35.1 Å². The van der Waals surface area contributed by atoms with E-state index in [1.54, 1.807) is 42.4 Å². The van der Waals surface area contributed by atoms with E-state index in [9.17, 15) is 9.90 Å². The Bertz CT molecular complexity index is 632. The third kappa shape index (κ3) is 3.93. The lowest BCUT2D eigenvalue weighted by Gasteiger charge is -2.25. The molecule has 0 aliphatic heterocycles. The smallest absolute Gasteiger partial charge is 0.327 e. The van der Waals surface area contributed by atoms with Gasteiger partial charge in [-0.25, -0.2) is 9.78 Å². The highest BCUT2D eigenvalue weighted by Crippen LogP contribution is 2.27. The van der Waals surface area contributed by atoms with Crippen molar-refractivity contribution in [2.75, 3.05) is 14.2 Å². The Kier molecular flexibility index (Phi) is 5.17. The minimum absolute atomic E-state index is 0.104. The monoisotopic (exact) mass is 326 g/mol. The molecule has 1 atom stereocenters. The van der Waals surface area contributed by atoms with E-state index >= 15 is 0 Å². The number of likely N-dealkylation sites (N-methyl/N-ethyl adjacent to an activating group) is 1. The fourth-order valence-corrected chi connectivity index (χ4v) is 3.06. The van der Waals surface area contributed by atoms with Crippen molar-refractivity contribution < 1.29 is 14.6 Å². The van der Waals surface area contributed by atoms with E-state index in [-0.39, 0.29) is 5.75 Å². The number of methoxy groups -OCH3 is 1. The first-order chi connectivity index (χ1) is 10.0. The van der Waals surface area contributed by atoms with E-state index in [2.05, 4.69) is 4.98 Å². The zero-order valence-electron chi connectivity index (χ0n) is 11.6. The molecule has 1 heterocycles. The fourth-order valence-electron chi connectivity index (χ4n) is 2.04. The standard InChI is InChI=1S/C14H15ClN2O3S/c1-17(8-12-16-7-11(15)21-12)13(14(19)20-2)9-4-3-5-10(18)6-9/h3-7,13,18H,8H2,1-2H3/t13-/m1/s1. The molecular formula is C14H15ClN2O3S. The van der Waals surface area contributed by atoms with Gasteiger partial charge in [-0.3, -0.25) is 4.90 Å². The number of esters is 1. The van der Waals surface area contributed by atoms with Crippen LogP contribution in [0.4, 0.5) is 0 Å². The molecule has 0 fully saturated rings. The molecule has 1 aromatic carbocycles. The summed E-state index contributed by atoms with van der Waals surface area (Å²) in [5, 5.41) is 10.4. The summed E-state index contributed by atoms with van der Waals surface area (Å²) in [6, 6.07) is 5.94. The van der Waals surface area contributed by atoms with Gasteiger partial charge in [0.25, 0.3) is 0 Å². The SMILES string of the molecule is COC(=O)[C@@H](c1cccc(O)c1)N(C)Cc1ncc(Cl)s1. The predicted molar refractivity (Wildman–Crippen MR) is 81.5 cm³/mol. The Labute approximate surface area is 131 Å². The van der Waals surface area contributed by atoms with Gasteiger partial charge in [-0.15, -0.1) is 11.3 Å². The molecule has 0 aliphatic rings. The van der Waals surface area contributed by atoms with E-state index in [0.717, 1.165) is 5.01 Å². The van der Waals surface area contributed by atoms with Gasteiger partial charge in [0.1, 0.15) is 21.1 Å². The van der Waals surface area contributed by atoms with Crippen molar-refractivity contribution in [1.82, 2.24) is 9.88 Å². The van der Waals surface area contributed by atoms with Crippen LogP contribution in [-0.2, 0) is 16.1 Å². The molecule has 1 N–H and O–H groups in total. The minimum atomic E-state index is -0.621. The number of aromatic hydroxyl groups is 1. The minimum Gasteiger partial charge on any atom is -0.508 e. The van der Waals surface area contributed by atoms with Crippen LogP contribution >= 0.6 is 22.9 Å². The number of ether oxygens (including phenoxy) is 1. The van der Waals surface area contributed by atoms with Crippen molar-refractivity contribution in [2.45, 2.75) is 12.6 Å². The Morgan fingerprint density at radius 2 is 2.33 bits per heavy atom. The highest BCUT2D eigenvalue weighted by atomic mass is 35.5. The number of benzene rings is 1. The van der Waals surface area contributed by atoms with Gasteiger partial charge in [0, 0.05) is 0 Å². The number of thiazole rings is 1. The molecule has 0 bridgehead atoms. The fraction of sp³-hybridized carbons (Fsp3) is 0.286. The molecule has 2 aromatic rings. The Hall–Kier alpha value is -1.63. The van der Waals surface area contributed by atoms with Crippen LogP contribution in [0.25, 0.3) is 0 Å². The molecule has 0 aliphatic carbocycles. The average Bonchev–Trinajstić information content (AvgIpc) is 2.84. The summed E-state index contributed by atoms with van der Waals surface area (Å²) in [4.78, 5) is 18.1. The highest BCUT2D eigenvalue weighted by Gasteiger charge is 2.27. The van der Waals surface area contributed by atoms with E-state index in [1.807, 2.05) is 0 Å². The maximum atomic E-state index is 12.1. The summed E-state index contributed by atoms with van der Waals surface area (Å²) in [6.45, 7) is 0.451. The van der Waals surface area contributed by atoms with Gasteiger partial charge in [0.2, 0.25) is 0 Å². The highest BCUT2D eigenvalue weighted by molar-refractivity contribution is 7.15. The summed E-state index contributed by atoms with van der Waals surface area (Å²) in [5.74, 6) is -0.294. The number of hydrogen-bond donors (Lipinski definition) is 1. The molecule has 0 saturated heterocycles. The molecule has 21 heavy (non-hydrogen) atoms. The van der Waals surface area contributed by atoms with Gasteiger partial charge in [0.15, 0.2) is 0 Å². The molecule has 0 radical (unpaired) electrons. The first-order valence-corrected chi connectivity index (χ1v) is 7.38. The summed E-state index contributed by atoms with van der Waals surface area (Å²) in [6.07, 6.45) is 1.58. The van der Waals surface area contributed by atoms with Crippen molar-refractivity contribution in [1.29, 1.82) is 0 Å². The molecule has 0 spiro atoms. The maximum Gasteiger partial charge on any atom is 0.327 e. The molecular weight excluding hydrogens is 312 g/mol. The molecule has 2 rings (SSSR count). The topological polar surface area (TPSA) is 62.7 Å². The van der Waals surface area contributed by atoms with Gasteiger partial charge in [-0.05, 0) is 24.7 Å². The lowest BCUT2D eigenvalue weighted by molar-refractivity contribution is -0.147. The second kappa shape index (κ2) is 6.89. The number of phenolic OH excluding ortho intramolecular Hbond substituents is 1. The molecule has 5 nitrogen and oxygen atoms in total. The maximum absolute atomic E-state index is 12.1.